The molecule has 0 aromatic rings. The maximum Gasteiger partial charge on any atom is 0.505 e. The zero-order valence-electron chi connectivity index (χ0n) is 10.7. The molecule has 1 aliphatic carbocycles. The predicted octanol–water partition coefficient (Wildman–Crippen LogP) is 2.56. The highest BCUT2D eigenvalue weighted by Crippen LogP contribution is 2.38. The molecule has 0 heterocycles. The van der Waals surface area contributed by atoms with Crippen LogP contribution >= 0.6 is 0 Å². The molecule has 0 unspecified atom stereocenters. The Kier molecular flexibility index (Phi) is 6.53. The molecule has 1 fully saturated rings. The first-order valence-electron chi connectivity index (χ1n) is 6.11. The molecule has 0 bridgehead atoms. The van der Waals surface area contributed by atoms with Crippen LogP contribution in [0.1, 0.15) is 39.0 Å². The highest BCUT2D eigenvalue weighted by molar-refractivity contribution is 6.62. The summed E-state index contributed by atoms with van der Waals surface area (Å²) < 4.78 is 22.2. The fraction of sp³-hybridized carbons (Fsp3) is 1.00. The van der Waals surface area contributed by atoms with Crippen LogP contribution < -0.4 is 0 Å². The zero-order chi connectivity index (χ0) is 11.9. The van der Waals surface area contributed by atoms with Crippen molar-refractivity contribution in [3.05, 3.63) is 0 Å². The van der Waals surface area contributed by atoms with E-state index in [2.05, 4.69) is 0 Å². The van der Waals surface area contributed by atoms with Crippen molar-refractivity contribution in [1.29, 1.82) is 0 Å². The molecule has 5 heteroatoms. The van der Waals surface area contributed by atoms with Crippen LogP contribution in [0.3, 0.4) is 0 Å². The molecule has 0 aromatic heterocycles. The molecule has 16 heavy (non-hydrogen) atoms. The lowest BCUT2D eigenvalue weighted by Crippen LogP contribution is -2.49. The van der Waals surface area contributed by atoms with Gasteiger partial charge in [-0.1, -0.05) is 19.3 Å². The summed E-state index contributed by atoms with van der Waals surface area (Å²) >= 11 is 0. The first-order valence-corrected chi connectivity index (χ1v) is 7.91. The maximum absolute atomic E-state index is 5.78. The van der Waals surface area contributed by atoms with Gasteiger partial charge in [-0.25, -0.2) is 0 Å². The van der Waals surface area contributed by atoms with Gasteiger partial charge in [0.15, 0.2) is 0 Å². The third-order valence-electron chi connectivity index (χ3n) is 3.22. The molecule has 0 aromatic carbocycles. The molecule has 0 radical (unpaired) electrons. The molecule has 0 aliphatic heterocycles. The minimum atomic E-state index is -2.50. The van der Waals surface area contributed by atoms with Crippen molar-refractivity contribution in [3.8, 4) is 0 Å². The predicted molar refractivity (Wildman–Crippen MR) is 64.2 cm³/mol. The van der Waals surface area contributed by atoms with Crippen LogP contribution in [0.25, 0.3) is 0 Å². The van der Waals surface area contributed by atoms with Crippen LogP contribution in [-0.2, 0) is 18.0 Å². The van der Waals surface area contributed by atoms with Gasteiger partial charge in [0.05, 0.1) is 0 Å². The Labute approximate surface area is 99.6 Å². The molecule has 0 saturated heterocycles. The van der Waals surface area contributed by atoms with Gasteiger partial charge in [0.1, 0.15) is 6.79 Å². The van der Waals surface area contributed by atoms with E-state index in [0.29, 0.717) is 12.1 Å². The minimum Gasteiger partial charge on any atom is -0.377 e. The minimum absolute atomic E-state index is 0.279. The van der Waals surface area contributed by atoms with Crippen molar-refractivity contribution in [2.24, 2.45) is 0 Å². The van der Waals surface area contributed by atoms with E-state index in [9.17, 15) is 0 Å². The Balaban J connectivity index is 2.54. The van der Waals surface area contributed by atoms with Gasteiger partial charge in [0, 0.05) is 26.4 Å². The van der Waals surface area contributed by atoms with E-state index in [0.717, 1.165) is 12.8 Å². The summed E-state index contributed by atoms with van der Waals surface area (Å²) in [6, 6.07) is 0. The Morgan fingerprint density at radius 2 is 1.69 bits per heavy atom. The van der Waals surface area contributed by atoms with Gasteiger partial charge in [0.25, 0.3) is 0 Å². The molecule has 0 amide bonds. The summed E-state index contributed by atoms with van der Waals surface area (Å²) in [5.74, 6) is 0. The largest absolute Gasteiger partial charge is 0.505 e. The van der Waals surface area contributed by atoms with Crippen molar-refractivity contribution in [1.82, 2.24) is 0 Å². The highest BCUT2D eigenvalue weighted by atomic mass is 28.4. The van der Waals surface area contributed by atoms with E-state index in [1.807, 2.05) is 6.92 Å². The summed E-state index contributed by atoms with van der Waals surface area (Å²) in [5.41, 5.74) is 0.441. The van der Waals surface area contributed by atoms with E-state index in [-0.39, 0.29) is 6.79 Å². The lowest BCUT2D eigenvalue weighted by molar-refractivity contribution is -0.0340. The molecular weight excluding hydrogens is 224 g/mol. The van der Waals surface area contributed by atoms with Crippen LogP contribution in [0, 0.1) is 0 Å². The lowest BCUT2D eigenvalue weighted by atomic mass is 10.0. The second-order valence-corrected chi connectivity index (χ2v) is 7.23. The number of rotatable bonds is 7. The van der Waals surface area contributed by atoms with E-state index < -0.39 is 8.80 Å². The smallest absolute Gasteiger partial charge is 0.377 e. The maximum atomic E-state index is 5.78. The lowest BCUT2D eigenvalue weighted by Gasteiger charge is -2.35. The van der Waals surface area contributed by atoms with Crippen molar-refractivity contribution < 1.29 is 18.0 Å². The highest BCUT2D eigenvalue weighted by Gasteiger charge is 2.48. The third-order valence-corrected chi connectivity index (χ3v) is 6.46. The average molecular weight is 248 g/mol. The van der Waals surface area contributed by atoms with Gasteiger partial charge in [-0.3, -0.25) is 0 Å². The number of ether oxygens (including phenoxy) is 1. The Morgan fingerprint density at radius 3 is 2.19 bits per heavy atom. The summed E-state index contributed by atoms with van der Waals surface area (Å²) in [6.07, 6.45) is 6.13. The average Bonchev–Trinajstić information content (AvgIpc) is 2.36. The molecule has 1 aliphatic rings. The summed E-state index contributed by atoms with van der Waals surface area (Å²) in [4.78, 5) is 0. The monoisotopic (exact) mass is 248 g/mol. The summed E-state index contributed by atoms with van der Waals surface area (Å²) in [7, 11) is 0.877. The van der Waals surface area contributed by atoms with Gasteiger partial charge >= 0.3 is 8.80 Å². The van der Waals surface area contributed by atoms with Crippen LogP contribution in [-0.4, -0.2) is 36.4 Å². The van der Waals surface area contributed by atoms with Crippen LogP contribution in [0.5, 0.6) is 0 Å². The Hall–Kier alpha value is 0.0569. The van der Waals surface area contributed by atoms with Gasteiger partial charge in [-0.2, -0.15) is 0 Å². The Bertz CT molecular complexity index is 179. The summed E-state index contributed by atoms with van der Waals surface area (Å²) in [5, 5.41) is 0. The van der Waals surface area contributed by atoms with Gasteiger partial charge in [0.2, 0.25) is 0 Å². The molecule has 1 rings (SSSR count). The molecule has 0 atom stereocenters. The van der Waals surface area contributed by atoms with Crippen molar-refractivity contribution in [3.63, 3.8) is 0 Å². The number of hydrogen-bond acceptors (Lipinski definition) is 4. The van der Waals surface area contributed by atoms with E-state index in [4.69, 9.17) is 18.0 Å². The fourth-order valence-corrected chi connectivity index (χ4v) is 4.98. The normalized spacial score (nSPS) is 18.9. The fourth-order valence-electron chi connectivity index (χ4n) is 2.32. The van der Waals surface area contributed by atoms with Crippen LogP contribution in [0.15, 0.2) is 0 Å². The van der Waals surface area contributed by atoms with Crippen molar-refractivity contribution in [2.75, 3.05) is 27.6 Å². The second-order valence-electron chi connectivity index (χ2n) is 4.10. The molecule has 4 nitrogen and oxygen atoms in total. The van der Waals surface area contributed by atoms with E-state index in [1.54, 1.807) is 14.2 Å². The quantitative estimate of drug-likeness (QED) is 0.394. The molecule has 96 valence electrons. The topological polar surface area (TPSA) is 36.9 Å². The first kappa shape index (κ1) is 14.1. The van der Waals surface area contributed by atoms with Crippen LogP contribution in [0.2, 0.25) is 5.54 Å². The van der Waals surface area contributed by atoms with Gasteiger partial charge in [-0.05, 0) is 19.8 Å². The standard InChI is InChI=1S/C11H24O4Si/c1-4-14-10-15-16(12-2,13-3)11-8-6-5-7-9-11/h11H,4-10H2,1-3H3. The first-order chi connectivity index (χ1) is 7.79. The zero-order valence-corrected chi connectivity index (χ0v) is 11.7. The van der Waals surface area contributed by atoms with Gasteiger partial charge in [-0.15, -0.1) is 0 Å². The molecule has 0 spiro atoms. The van der Waals surface area contributed by atoms with E-state index >= 15 is 0 Å². The Morgan fingerprint density at radius 1 is 1.06 bits per heavy atom. The van der Waals surface area contributed by atoms with Crippen molar-refractivity contribution >= 4 is 8.80 Å². The summed E-state index contributed by atoms with van der Waals surface area (Å²) in [6.45, 7) is 2.89. The van der Waals surface area contributed by atoms with Gasteiger partial charge < -0.3 is 18.0 Å². The second kappa shape index (κ2) is 7.40. The van der Waals surface area contributed by atoms with E-state index in [1.165, 1.54) is 19.3 Å². The molecule has 0 N–H and O–H groups in total. The van der Waals surface area contributed by atoms with Crippen molar-refractivity contribution in [2.45, 2.75) is 44.6 Å². The van der Waals surface area contributed by atoms with Crippen LogP contribution in [0.4, 0.5) is 0 Å². The number of hydrogen-bond donors (Lipinski definition) is 0. The molecule has 1 saturated carbocycles. The third kappa shape index (κ3) is 3.53. The SMILES string of the molecule is CCOCO[Si](OC)(OC)C1CCCCC1. The molecular formula is C11H24O4Si.